The lowest BCUT2D eigenvalue weighted by Gasteiger charge is -2.10. The second-order valence-corrected chi connectivity index (χ2v) is 2.66. The van der Waals surface area contributed by atoms with Gasteiger partial charge < -0.3 is 16.2 Å². The van der Waals surface area contributed by atoms with E-state index in [1.54, 1.807) is 0 Å². The topological polar surface area (TPSA) is 78.3 Å². The number of carbonyl (C=O) groups excluding carboxylic acids is 1. The SMILES string of the molecule is NC(=O)c1cc(OC(F)(F)F)ccc1N. The number of alkyl halides is 3. The lowest BCUT2D eigenvalue weighted by molar-refractivity contribution is -0.274. The van der Waals surface area contributed by atoms with Crippen LogP contribution in [0.15, 0.2) is 18.2 Å². The molecular weight excluding hydrogens is 213 g/mol. The van der Waals surface area contributed by atoms with Gasteiger partial charge in [-0.25, -0.2) is 0 Å². The number of carbonyl (C=O) groups is 1. The average Bonchev–Trinajstić information content (AvgIpc) is 2.05. The minimum atomic E-state index is -4.81. The molecule has 0 aliphatic heterocycles. The molecule has 1 amide bonds. The van der Waals surface area contributed by atoms with Crippen LogP contribution in [-0.2, 0) is 0 Å². The molecule has 1 aromatic carbocycles. The summed E-state index contributed by atoms with van der Waals surface area (Å²) in [7, 11) is 0. The third-order valence-electron chi connectivity index (χ3n) is 1.52. The number of benzene rings is 1. The molecule has 0 saturated heterocycles. The van der Waals surface area contributed by atoms with Gasteiger partial charge in [-0.1, -0.05) is 0 Å². The van der Waals surface area contributed by atoms with Gasteiger partial charge in [-0.05, 0) is 18.2 Å². The van der Waals surface area contributed by atoms with Crippen LogP contribution in [0.4, 0.5) is 18.9 Å². The molecule has 4 N–H and O–H groups in total. The standard InChI is InChI=1S/C8H7F3N2O2/c9-8(10,11)15-4-1-2-6(12)5(3-4)7(13)14/h1-3H,12H2,(H2,13,14). The van der Waals surface area contributed by atoms with Crippen molar-refractivity contribution in [1.29, 1.82) is 0 Å². The molecule has 0 aliphatic rings. The molecule has 1 rings (SSSR count). The quantitative estimate of drug-likeness (QED) is 0.736. The Morgan fingerprint density at radius 3 is 2.40 bits per heavy atom. The van der Waals surface area contributed by atoms with Gasteiger partial charge in [0.05, 0.1) is 5.56 Å². The van der Waals surface area contributed by atoms with Crippen molar-refractivity contribution < 1.29 is 22.7 Å². The summed E-state index contributed by atoms with van der Waals surface area (Å²) in [5.41, 5.74) is 9.99. The molecule has 0 atom stereocenters. The molecule has 0 heterocycles. The van der Waals surface area contributed by atoms with Crippen molar-refractivity contribution >= 4 is 11.6 Å². The Labute approximate surface area is 82.6 Å². The van der Waals surface area contributed by atoms with E-state index in [9.17, 15) is 18.0 Å². The van der Waals surface area contributed by atoms with Crippen LogP contribution in [0, 0.1) is 0 Å². The van der Waals surface area contributed by atoms with Gasteiger partial charge >= 0.3 is 6.36 Å². The second kappa shape index (κ2) is 3.68. The zero-order chi connectivity index (χ0) is 11.6. The van der Waals surface area contributed by atoms with E-state index in [4.69, 9.17) is 11.5 Å². The second-order valence-electron chi connectivity index (χ2n) is 2.66. The Morgan fingerprint density at radius 1 is 1.33 bits per heavy atom. The fourth-order valence-electron chi connectivity index (χ4n) is 0.946. The summed E-state index contributed by atoms with van der Waals surface area (Å²) in [6.07, 6.45) is -4.81. The Morgan fingerprint density at radius 2 is 1.93 bits per heavy atom. The van der Waals surface area contributed by atoms with Crippen molar-refractivity contribution in [1.82, 2.24) is 0 Å². The fourth-order valence-corrected chi connectivity index (χ4v) is 0.946. The molecule has 82 valence electrons. The third-order valence-corrected chi connectivity index (χ3v) is 1.52. The smallest absolute Gasteiger partial charge is 0.406 e. The van der Waals surface area contributed by atoms with Crippen LogP contribution in [-0.4, -0.2) is 12.3 Å². The highest BCUT2D eigenvalue weighted by Crippen LogP contribution is 2.25. The highest BCUT2D eigenvalue weighted by molar-refractivity contribution is 5.98. The van der Waals surface area contributed by atoms with Crippen molar-refractivity contribution in [3.63, 3.8) is 0 Å². The third kappa shape index (κ3) is 3.04. The van der Waals surface area contributed by atoms with Crippen LogP contribution in [0.25, 0.3) is 0 Å². The number of nitrogen functional groups attached to an aromatic ring is 1. The molecule has 0 fully saturated rings. The first-order valence-corrected chi connectivity index (χ1v) is 3.74. The van der Waals surface area contributed by atoms with Crippen LogP contribution in [0.3, 0.4) is 0 Å². The van der Waals surface area contributed by atoms with E-state index in [1.807, 2.05) is 0 Å². The van der Waals surface area contributed by atoms with E-state index in [2.05, 4.69) is 4.74 Å². The average molecular weight is 220 g/mol. The van der Waals surface area contributed by atoms with Crippen LogP contribution in [0.5, 0.6) is 5.75 Å². The van der Waals surface area contributed by atoms with E-state index < -0.39 is 18.0 Å². The Balaban J connectivity index is 3.03. The van der Waals surface area contributed by atoms with Crippen LogP contribution >= 0.6 is 0 Å². The normalized spacial score (nSPS) is 11.1. The number of ether oxygens (including phenoxy) is 1. The van der Waals surface area contributed by atoms with Gasteiger partial charge in [-0.15, -0.1) is 13.2 Å². The summed E-state index contributed by atoms with van der Waals surface area (Å²) in [5.74, 6) is -1.45. The molecule has 4 nitrogen and oxygen atoms in total. The molecule has 7 heteroatoms. The number of hydrogen-bond donors (Lipinski definition) is 2. The Bertz CT molecular complexity index is 390. The van der Waals surface area contributed by atoms with E-state index in [0.29, 0.717) is 0 Å². The van der Waals surface area contributed by atoms with Gasteiger partial charge in [0.1, 0.15) is 5.75 Å². The van der Waals surface area contributed by atoms with Crippen molar-refractivity contribution in [3.8, 4) is 5.75 Å². The lowest BCUT2D eigenvalue weighted by atomic mass is 10.1. The van der Waals surface area contributed by atoms with E-state index in [1.165, 1.54) is 0 Å². The first-order valence-electron chi connectivity index (χ1n) is 3.74. The summed E-state index contributed by atoms with van der Waals surface area (Å²) in [6.45, 7) is 0. The molecular formula is C8H7F3N2O2. The molecule has 15 heavy (non-hydrogen) atoms. The van der Waals surface area contributed by atoms with Gasteiger partial charge in [-0.3, -0.25) is 4.79 Å². The molecule has 0 saturated carbocycles. The monoisotopic (exact) mass is 220 g/mol. The van der Waals surface area contributed by atoms with Gasteiger partial charge in [-0.2, -0.15) is 0 Å². The number of rotatable bonds is 2. The first kappa shape index (κ1) is 11.2. The largest absolute Gasteiger partial charge is 0.573 e. The number of amides is 1. The molecule has 0 aliphatic carbocycles. The Kier molecular flexibility index (Phi) is 2.74. The number of primary amides is 1. The van der Waals surface area contributed by atoms with Crippen LogP contribution < -0.4 is 16.2 Å². The van der Waals surface area contributed by atoms with Crippen LogP contribution in [0.2, 0.25) is 0 Å². The highest BCUT2D eigenvalue weighted by atomic mass is 19.4. The number of anilines is 1. The zero-order valence-electron chi connectivity index (χ0n) is 7.34. The van der Waals surface area contributed by atoms with Gasteiger partial charge in [0.2, 0.25) is 0 Å². The van der Waals surface area contributed by atoms with Crippen molar-refractivity contribution in [2.24, 2.45) is 5.73 Å². The molecule has 0 radical (unpaired) electrons. The summed E-state index contributed by atoms with van der Waals surface area (Å²) < 4.78 is 39.0. The number of nitrogens with two attached hydrogens (primary N) is 2. The molecule has 0 unspecified atom stereocenters. The summed E-state index contributed by atoms with van der Waals surface area (Å²) in [6, 6.07) is 2.95. The van der Waals surface area contributed by atoms with Gasteiger partial charge in [0.15, 0.2) is 0 Å². The maximum Gasteiger partial charge on any atom is 0.573 e. The predicted molar refractivity (Wildman–Crippen MR) is 46.1 cm³/mol. The predicted octanol–water partition coefficient (Wildman–Crippen LogP) is 1.27. The highest BCUT2D eigenvalue weighted by Gasteiger charge is 2.31. The van der Waals surface area contributed by atoms with Gasteiger partial charge in [0.25, 0.3) is 5.91 Å². The fraction of sp³-hybridized carbons (Fsp3) is 0.125. The summed E-state index contributed by atoms with van der Waals surface area (Å²) >= 11 is 0. The molecule has 0 spiro atoms. The number of hydrogen-bond acceptors (Lipinski definition) is 3. The summed E-state index contributed by atoms with van der Waals surface area (Å²) in [4.78, 5) is 10.7. The van der Waals surface area contributed by atoms with Crippen LogP contribution in [0.1, 0.15) is 10.4 Å². The van der Waals surface area contributed by atoms with Gasteiger partial charge in [0, 0.05) is 5.69 Å². The molecule has 0 bridgehead atoms. The molecule has 1 aromatic rings. The minimum absolute atomic E-state index is 0.00276. The zero-order valence-corrected chi connectivity index (χ0v) is 7.34. The number of halogens is 3. The summed E-state index contributed by atoms with van der Waals surface area (Å²) in [5, 5.41) is 0. The van der Waals surface area contributed by atoms with Crippen molar-refractivity contribution in [3.05, 3.63) is 23.8 Å². The van der Waals surface area contributed by atoms with Crippen molar-refractivity contribution in [2.75, 3.05) is 5.73 Å². The maximum atomic E-state index is 11.8. The minimum Gasteiger partial charge on any atom is -0.406 e. The van der Waals surface area contributed by atoms with Crippen molar-refractivity contribution in [2.45, 2.75) is 6.36 Å². The van der Waals surface area contributed by atoms with E-state index >= 15 is 0 Å². The maximum absolute atomic E-state index is 11.8. The van der Waals surface area contributed by atoms with E-state index in [0.717, 1.165) is 18.2 Å². The Hall–Kier alpha value is -1.92. The first-order chi connectivity index (χ1) is 6.79. The molecule has 0 aromatic heterocycles. The van der Waals surface area contributed by atoms with E-state index in [-0.39, 0.29) is 11.3 Å². The lowest BCUT2D eigenvalue weighted by Crippen LogP contribution is -2.18.